The molecule has 0 saturated heterocycles. The molecule has 21 heavy (non-hydrogen) atoms. The highest BCUT2D eigenvalue weighted by atomic mass is 35.5. The molecule has 0 bridgehead atoms. The predicted molar refractivity (Wildman–Crippen MR) is 74.5 cm³/mol. The molecule has 4 nitrogen and oxygen atoms in total. The zero-order chi connectivity index (χ0) is 15.6. The van der Waals surface area contributed by atoms with Crippen molar-refractivity contribution in [2.75, 3.05) is 7.11 Å². The molecule has 1 atom stereocenters. The molecule has 1 N–H and O–H groups in total. The fourth-order valence-electron chi connectivity index (χ4n) is 2.10. The molecule has 0 radical (unpaired) electrons. The number of ether oxygens (including phenoxy) is 1. The van der Waals surface area contributed by atoms with Crippen molar-refractivity contribution in [1.82, 2.24) is 9.78 Å². The van der Waals surface area contributed by atoms with Crippen LogP contribution in [0.4, 0.5) is 8.78 Å². The number of aromatic nitrogens is 2. The number of aliphatic hydroxyl groups is 1. The number of hydrogen-bond acceptors (Lipinski definition) is 3. The Morgan fingerprint density at radius 3 is 2.71 bits per heavy atom. The second-order valence-electron chi connectivity index (χ2n) is 4.51. The number of hydrogen-bond donors (Lipinski definition) is 1. The van der Waals surface area contributed by atoms with Gasteiger partial charge in [-0.3, -0.25) is 4.68 Å². The molecule has 2 aromatic rings. The molecule has 0 saturated carbocycles. The van der Waals surface area contributed by atoms with Crippen LogP contribution >= 0.6 is 11.6 Å². The van der Waals surface area contributed by atoms with E-state index in [4.69, 9.17) is 16.3 Å². The molecule has 0 aliphatic rings. The smallest absolute Gasteiger partial charge is 0.163 e. The molecule has 0 aliphatic heterocycles. The quantitative estimate of drug-likeness (QED) is 0.861. The van der Waals surface area contributed by atoms with Gasteiger partial charge in [-0.1, -0.05) is 18.5 Å². The topological polar surface area (TPSA) is 47.3 Å². The van der Waals surface area contributed by atoms with E-state index in [0.29, 0.717) is 12.3 Å². The number of nitrogens with zero attached hydrogens (tertiary/aromatic N) is 2. The molecule has 1 heterocycles. The first-order valence-corrected chi connectivity index (χ1v) is 6.79. The lowest BCUT2D eigenvalue weighted by molar-refractivity contribution is 0.196. The van der Waals surface area contributed by atoms with Gasteiger partial charge in [-0.25, -0.2) is 8.78 Å². The summed E-state index contributed by atoms with van der Waals surface area (Å²) >= 11 is 5.52. The molecule has 0 fully saturated rings. The number of aryl methyl sites for hydroxylation is 1. The van der Waals surface area contributed by atoms with E-state index < -0.39 is 17.7 Å². The van der Waals surface area contributed by atoms with Crippen LogP contribution in [0.25, 0.3) is 0 Å². The monoisotopic (exact) mass is 316 g/mol. The lowest BCUT2D eigenvalue weighted by atomic mass is 10.0. The maximum absolute atomic E-state index is 13.9. The largest absolute Gasteiger partial charge is 0.493 e. The summed E-state index contributed by atoms with van der Waals surface area (Å²) in [6.45, 7) is 2.46. The van der Waals surface area contributed by atoms with Gasteiger partial charge in [0.05, 0.1) is 18.3 Å². The molecule has 1 unspecified atom stereocenters. The van der Waals surface area contributed by atoms with Crippen LogP contribution in [0.1, 0.15) is 30.7 Å². The molecule has 1 aromatic heterocycles. The second-order valence-corrected chi connectivity index (χ2v) is 4.92. The summed E-state index contributed by atoms with van der Waals surface area (Å²) in [5, 5.41) is 14.2. The van der Waals surface area contributed by atoms with Crippen molar-refractivity contribution >= 4 is 11.6 Å². The van der Waals surface area contributed by atoms with Crippen LogP contribution in [0.15, 0.2) is 18.3 Å². The summed E-state index contributed by atoms with van der Waals surface area (Å²) in [5.41, 5.74) is 0.0630. The summed E-state index contributed by atoms with van der Waals surface area (Å²) in [6.07, 6.45) is 0.793. The molecule has 7 heteroatoms. The van der Waals surface area contributed by atoms with Crippen LogP contribution in [0, 0.1) is 11.6 Å². The lowest BCUT2D eigenvalue weighted by Gasteiger charge is -2.16. The molecule has 114 valence electrons. The van der Waals surface area contributed by atoms with Crippen molar-refractivity contribution in [3.05, 3.63) is 46.2 Å². The van der Waals surface area contributed by atoms with Gasteiger partial charge in [-0.05, 0) is 18.6 Å². The van der Waals surface area contributed by atoms with E-state index in [-0.39, 0.29) is 16.3 Å². The Bertz CT molecular complexity index is 646. The zero-order valence-electron chi connectivity index (χ0n) is 11.6. The number of methoxy groups -OCH3 is 1. The van der Waals surface area contributed by atoms with Gasteiger partial charge in [0.15, 0.2) is 5.75 Å². The first-order valence-electron chi connectivity index (χ1n) is 6.41. The number of benzene rings is 1. The van der Waals surface area contributed by atoms with Gasteiger partial charge in [0.2, 0.25) is 0 Å². The summed E-state index contributed by atoms with van der Waals surface area (Å²) in [7, 11) is 1.42. The SMILES string of the molecule is CCCn1ncc(OC)c1C(O)c1cc(F)c(Cl)cc1F. The third-order valence-corrected chi connectivity index (χ3v) is 3.38. The van der Waals surface area contributed by atoms with Gasteiger partial charge in [0.25, 0.3) is 0 Å². The van der Waals surface area contributed by atoms with E-state index in [0.717, 1.165) is 18.6 Å². The van der Waals surface area contributed by atoms with E-state index in [9.17, 15) is 13.9 Å². The number of aliphatic hydroxyl groups excluding tert-OH is 1. The molecule has 0 aliphatic carbocycles. The van der Waals surface area contributed by atoms with Crippen molar-refractivity contribution in [3.8, 4) is 5.75 Å². The van der Waals surface area contributed by atoms with Gasteiger partial charge >= 0.3 is 0 Å². The molecular weight excluding hydrogens is 302 g/mol. The van der Waals surface area contributed by atoms with Gasteiger partial charge in [0, 0.05) is 12.1 Å². The standard InChI is InChI=1S/C14H15ClF2N2O2/c1-3-4-19-13(12(21-2)7-18-19)14(20)8-5-11(17)9(15)6-10(8)16/h5-7,14,20H,3-4H2,1-2H3. The Balaban J connectivity index is 2.51. The Labute approximate surface area is 125 Å². The molecular formula is C14H15ClF2N2O2. The highest BCUT2D eigenvalue weighted by molar-refractivity contribution is 6.30. The third-order valence-electron chi connectivity index (χ3n) is 3.09. The third kappa shape index (κ3) is 3.01. The molecule has 0 spiro atoms. The van der Waals surface area contributed by atoms with E-state index in [1.165, 1.54) is 18.0 Å². The average molecular weight is 317 g/mol. The van der Waals surface area contributed by atoms with E-state index in [2.05, 4.69) is 5.10 Å². The van der Waals surface area contributed by atoms with Crippen molar-refractivity contribution in [2.24, 2.45) is 0 Å². The van der Waals surface area contributed by atoms with Crippen LogP contribution in [0.5, 0.6) is 5.75 Å². The Kier molecular flexibility index (Phi) is 4.80. The molecule has 0 amide bonds. The molecule has 2 rings (SSSR count). The van der Waals surface area contributed by atoms with Gasteiger partial charge in [-0.2, -0.15) is 5.10 Å². The van der Waals surface area contributed by atoms with Crippen LogP contribution in [0.2, 0.25) is 5.02 Å². The Morgan fingerprint density at radius 1 is 1.38 bits per heavy atom. The minimum absolute atomic E-state index is 0.215. The zero-order valence-corrected chi connectivity index (χ0v) is 12.4. The summed E-state index contributed by atoms with van der Waals surface area (Å²) in [6, 6.07) is 1.72. The minimum atomic E-state index is -1.40. The second kappa shape index (κ2) is 6.41. The van der Waals surface area contributed by atoms with E-state index >= 15 is 0 Å². The van der Waals surface area contributed by atoms with Crippen molar-refractivity contribution in [2.45, 2.75) is 26.0 Å². The van der Waals surface area contributed by atoms with Crippen LogP contribution < -0.4 is 4.74 Å². The van der Waals surface area contributed by atoms with E-state index in [1.807, 2.05) is 6.92 Å². The van der Waals surface area contributed by atoms with Gasteiger partial charge in [-0.15, -0.1) is 0 Å². The normalized spacial score (nSPS) is 12.5. The first kappa shape index (κ1) is 15.7. The highest BCUT2D eigenvalue weighted by Crippen LogP contribution is 2.33. The summed E-state index contributed by atoms with van der Waals surface area (Å²) in [4.78, 5) is 0. The summed E-state index contributed by atoms with van der Waals surface area (Å²) in [5.74, 6) is -1.28. The fraction of sp³-hybridized carbons (Fsp3) is 0.357. The first-order chi connectivity index (χ1) is 9.99. The average Bonchev–Trinajstić information content (AvgIpc) is 2.85. The number of halogens is 3. The number of rotatable bonds is 5. The van der Waals surface area contributed by atoms with Crippen LogP contribution in [-0.4, -0.2) is 22.0 Å². The van der Waals surface area contributed by atoms with Crippen molar-refractivity contribution < 1.29 is 18.6 Å². The Hall–Kier alpha value is -1.66. The van der Waals surface area contributed by atoms with Gasteiger partial charge in [0.1, 0.15) is 23.4 Å². The molecule has 1 aromatic carbocycles. The fourth-order valence-corrected chi connectivity index (χ4v) is 2.25. The van der Waals surface area contributed by atoms with Crippen LogP contribution in [-0.2, 0) is 6.54 Å². The maximum Gasteiger partial charge on any atom is 0.163 e. The minimum Gasteiger partial charge on any atom is -0.493 e. The van der Waals surface area contributed by atoms with Crippen molar-refractivity contribution in [1.29, 1.82) is 0 Å². The Morgan fingerprint density at radius 2 is 2.10 bits per heavy atom. The van der Waals surface area contributed by atoms with Gasteiger partial charge < -0.3 is 9.84 Å². The lowest BCUT2D eigenvalue weighted by Crippen LogP contribution is -2.12. The maximum atomic E-state index is 13.9. The van der Waals surface area contributed by atoms with Crippen molar-refractivity contribution in [3.63, 3.8) is 0 Å². The predicted octanol–water partition coefficient (Wildman–Crippen LogP) is 3.32. The van der Waals surface area contributed by atoms with E-state index in [1.54, 1.807) is 0 Å². The summed E-state index contributed by atoms with van der Waals surface area (Å²) < 4.78 is 34.1. The highest BCUT2D eigenvalue weighted by Gasteiger charge is 2.25. The van der Waals surface area contributed by atoms with Crippen LogP contribution in [0.3, 0.4) is 0 Å².